The molecule has 0 aliphatic rings. The predicted octanol–water partition coefficient (Wildman–Crippen LogP) is 3.44. The predicted molar refractivity (Wildman–Crippen MR) is 137 cm³/mol. The Morgan fingerprint density at radius 2 is 1.56 bits per heavy atom. The van der Waals surface area contributed by atoms with Crippen LogP contribution in [0.1, 0.15) is 34.6 Å². The molecule has 0 fully saturated rings. The number of esters is 2. The van der Waals surface area contributed by atoms with Gasteiger partial charge in [0.15, 0.2) is 5.11 Å². The van der Waals surface area contributed by atoms with Gasteiger partial charge < -0.3 is 20.1 Å². The Labute approximate surface area is 213 Å². The molecule has 188 valence electrons. The number of rotatable bonds is 9. The summed E-state index contributed by atoms with van der Waals surface area (Å²) in [6, 6.07) is 11.7. The maximum atomic E-state index is 12.5. The van der Waals surface area contributed by atoms with E-state index in [1.54, 1.807) is 19.9 Å². The molecule has 3 N–H and O–H groups in total. The van der Waals surface area contributed by atoms with Crippen molar-refractivity contribution in [2.45, 2.75) is 18.7 Å². The van der Waals surface area contributed by atoms with Crippen LogP contribution in [0.25, 0.3) is 0 Å². The zero-order valence-corrected chi connectivity index (χ0v) is 21.0. The molecule has 13 heteroatoms. The fraction of sp³-hybridized carbons (Fsp3) is 0.174. The number of nitrogens with one attached hydrogen (secondary N) is 3. The SMILES string of the molecule is CCOC(=O)c1ccc(C(=O)OCC)c(NC(=S)Nc2ccc(S(=O)(=O)Nc3ncccn3)cc2)c1. The number of sulfonamides is 1. The summed E-state index contributed by atoms with van der Waals surface area (Å²) in [5.41, 5.74) is 1.11. The summed E-state index contributed by atoms with van der Waals surface area (Å²) < 4.78 is 37.4. The van der Waals surface area contributed by atoms with Crippen LogP contribution in [-0.2, 0) is 19.5 Å². The van der Waals surface area contributed by atoms with Crippen LogP contribution in [-0.4, -0.2) is 48.7 Å². The van der Waals surface area contributed by atoms with Gasteiger partial charge in [-0.3, -0.25) is 0 Å². The van der Waals surface area contributed by atoms with E-state index in [4.69, 9.17) is 21.7 Å². The Morgan fingerprint density at radius 3 is 2.19 bits per heavy atom. The molecule has 11 nitrogen and oxygen atoms in total. The highest BCUT2D eigenvalue weighted by atomic mass is 32.2. The molecule has 0 radical (unpaired) electrons. The van der Waals surface area contributed by atoms with E-state index in [1.165, 1.54) is 54.9 Å². The maximum absolute atomic E-state index is 12.5. The van der Waals surface area contributed by atoms with Crippen LogP contribution in [0.3, 0.4) is 0 Å². The maximum Gasteiger partial charge on any atom is 0.340 e. The summed E-state index contributed by atoms with van der Waals surface area (Å²) in [7, 11) is -3.89. The lowest BCUT2D eigenvalue weighted by Gasteiger charge is -2.15. The standard InChI is InChI=1S/C23H23N5O6S2/c1-3-33-20(29)15-6-11-18(21(30)34-4-2)19(14-15)27-23(35)26-16-7-9-17(10-8-16)36(31,32)28-22-24-12-5-13-25-22/h5-14H,3-4H2,1-2H3,(H,24,25,28)(H2,26,27,35). The molecule has 0 saturated carbocycles. The first-order valence-corrected chi connectivity index (χ1v) is 12.6. The summed E-state index contributed by atoms with van der Waals surface area (Å²) in [4.78, 5) is 32.2. The fourth-order valence-corrected chi connectivity index (χ4v) is 4.09. The lowest BCUT2D eigenvalue weighted by molar-refractivity contribution is 0.0512. The van der Waals surface area contributed by atoms with Crippen molar-refractivity contribution >= 4 is 56.6 Å². The molecule has 0 saturated heterocycles. The van der Waals surface area contributed by atoms with Crippen LogP contribution >= 0.6 is 12.2 Å². The minimum atomic E-state index is -3.89. The Morgan fingerprint density at radius 1 is 0.917 bits per heavy atom. The number of hydrogen-bond donors (Lipinski definition) is 3. The largest absolute Gasteiger partial charge is 0.462 e. The van der Waals surface area contributed by atoms with Crippen LogP contribution in [0.5, 0.6) is 0 Å². The smallest absolute Gasteiger partial charge is 0.340 e. The van der Waals surface area contributed by atoms with Gasteiger partial charge in [-0.05, 0) is 74.6 Å². The van der Waals surface area contributed by atoms with Crippen LogP contribution in [0, 0.1) is 0 Å². The summed E-state index contributed by atoms with van der Waals surface area (Å²) in [6.07, 6.45) is 2.84. The molecule has 0 aliphatic carbocycles. The number of carbonyl (C=O) groups is 2. The third kappa shape index (κ3) is 6.96. The first-order valence-electron chi connectivity index (χ1n) is 10.7. The lowest BCUT2D eigenvalue weighted by Crippen LogP contribution is -2.22. The number of hydrogen-bond acceptors (Lipinski definition) is 9. The summed E-state index contributed by atoms with van der Waals surface area (Å²) in [5.74, 6) is -1.20. The molecule has 36 heavy (non-hydrogen) atoms. The molecule has 3 aromatic rings. The highest BCUT2D eigenvalue weighted by molar-refractivity contribution is 7.92. The first-order chi connectivity index (χ1) is 17.2. The van der Waals surface area contributed by atoms with E-state index in [-0.39, 0.29) is 46.0 Å². The molecule has 0 amide bonds. The molecule has 1 heterocycles. The number of carbonyl (C=O) groups excluding carboxylic acids is 2. The number of aromatic nitrogens is 2. The van der Waals surface area contributed by atoms with Crippen molar-refractivity contribution < 1.29 is 27.5 Å². The number of benzene rings is 2. The van der Waals surface area contributed by atoms with Crippen LogP contribution in [0.4, 0.5) is 17.3 Å². The topological polar surface area (TPSA) is 149 Å². The second kappa shape index (κ2) is 12.0. The van der Waals surface area contributed by atoms with Crippen molar-refractivity contribution in [2.24, 2.45) is 0 Å². The molecule has 0 aliphatic heterocycles. The van der Waals surface area contributed by atoms with E-state index in [0.29, 0.717) is 5.69 Å². The average molecular weight is 530 g/mol. The van der Waals surface area contributed by atoms with E-state index < -0.39 is 22.0 Å². The van der Waals surface area contributed by atoms with Crippen molar-refractivity contribution in [3.05, 3.63) is 72.1 Å². The van der Waals surface area contributed by atoms with Crippen molar-refractivity contribution in [2.75, 3.05) is 28.6 Å². The lowest BCUT2D eigenvalue weighted by atomic mass is 10.1. The normalized spacial score (nSPS) is 10.7. The second-order valence-electron chi connectivity index (χ2n) is 6.98. The van der Waals surface area contributed by atoms with Gasteiger partial charge in [0.2, 0.25) is 5.95 Å². The van der Waals surface area contributed by atoms with Gasteiger partial charge in [0.25, 0.3) is 10.0 Å². The Bertz CT molecular complexity index is 1350. The van der Waals surface area contributed by atoms with Gasteiger partial charge in [-0.2, -0.15) is 0 Å². The Balaban J connectivity index is 1.74. The van der Waals surface area contributed by atoms with Crippen molar-refractivity contribution in [3.8, 4) is 0 Å². The zero-order chi connectivity index (χ0) is 26.1. The molecule has 2 aromatic carbocycles. The third-order valence-electron chi connectivity index (χ3n) is 4.49. The third-order valence-corrected chi connectivity index (χ3v) is 6.04. The summed E-state index contributed by atoms with van der Waals surface area (Å²) in [5, 5.41) is 5.87. The van der Waals surface area contributed by atoms with E-state index in [9.17, 15) is 18.0 Å². The van der Waals surface area contributed by atoms with Gasteiger partial charge in [0, 0.05) is 18.1 Å². The monoisotopic (exact) mass is 529 g/mol. The molecule has 0 bridgehead atoms. The van der Waals surface area contributed by atoms with Gasteiger partial charge >= 0.3 is 11.9 Å². The molecule has 0 unspecified atom stereocenters. The Hall–Kier alpha value is -4.10. The van der Waals surface area contributed by atoms with Crippen LogP contribution in [0.2, 0.25) is 0 Å². The van der Waals surface area contributed by atoms with Crippen LogP contribution < -0.4 is 15.4 Å². The number of thiocarbonyl (C=S) groups is 1. The highest BCUT2D eigenvalue weighted by Gasteiger charge is 2.18. The summed E-state index contributed by atoms with van der Waals surface area (Å²) >= 11 is 5.34. The second-order valence-corrected chi connectivity index (χ2v) is 9.07. The van der Waals surface area contributed by atoms with Gasteiger partial charge in [-0.15, -0.1) is 0 Å². The minimum absolute atomic E-state index is 0.00823. The number of anilines is 3. The molecule has 0 atom stereocenters. The molecule has 3 rings (SSSR count). The van der Waals surface area contributed by atoms with Crippen LogP contribution in [0.15, 0.2) is 65.8 Å². The zero-order valence-electron chi connectivity index (χ0n) is 19.3. The van der Waals surface area contributed by atoms with Gasteiger partial charge in [0.1, 0.15) is 0 Å². The minimum Gasteiger partial charge on any atom is -0.462 e. The van der Waals surface area contributed by atoms with E-state index in [0.717, 1.165) is 0 Å². The van der Waals surface area contributed by atoms with Gasteiger partial charge in [-0.1, -0.05) is 0 Å². The van der Waals surface area contributed by atoms with E-state index in [1.807, 2.05) is 0 Å². The quantitative estimate of drug-likeness (QED) is 0.276. The van der Waals surface area contributed by atoms with Gasteiger partial charge in [0.05, 0.1) is 34.9 Å². The van der Waals surface area contributed by atoms with Crippen molar-refractivity contribution in [1.29, 1.82) is 0 Å². The molecule has 0 spiro atoms. The van der Waals surface area contributed by atoms with Crippen molar-refractivity contribution in [3.63, 3.8) is 0 Å². The van der Waals surface area contributed by atoms with E-state index in [2.05, 4.69) is 25.3 Å². The highest BCUT2D eigenvalue weighted by Crippen LogP contribution is 2.21. The van der Waals surface area contributed by atoms with Gasteiger partial charge in [-0.25, -0.2) is 32.7 Å². The number of ether oxygens (including phenoxy) is 2. The van der Waals surface area contributed by atoms with Crippen molar-refractivity contribution in [1.82, 2.24) is 9.97 Å². The molecule has 1 aromatic heterocycles. The molecular formula is C23H23N5O6S2. The fourth-order valence-electron chi connectivity index (χ4n) is 2.91. The number of nitrogens with zero attached hydrogens (tertiary/aromatic N) is 2. The molecular weight excluding hydrogens is 506 g/mol. The average Bonchev–Trinajstić information content (AvgIpc) is 2.85. The summed E-state index contributed by atoms with van der Waals surface area (Å²) in [6.45, 7) is 3.73. The Kier molecular flexibility index (Phi) is 8.86. The van der Waals surface area contributed by atoms with E-state index >= 15 is 0 Å². The first kappa shape index (κ1) is 26.5.